The smallest absolute Gasteiger partial charge is 0.126 e. The van der Waals surface area contributed by atoms with Crippen LogP contribution in [-0.4, -0.2) is 41.4 Å². The Kier molecular flexibility index (Phi) is 5.46. The Morgan fingerprint density at radius 3 is 2.60 bits per heavy atom. The highest BCUT2D eigenvalue weighted by molar-refractivity contribution is 5.20. The summed E-state index contributed by atoms with van der Waals surface area (Å²) in [7, 11) is 0. The molecule has 1 aliphatic rings. The van der Waals surface area contributed by atoms with Crippen molar-refractivity contribution in [3.05, 3.63) is 35.4 Å². The molecule has 1 aliphatic heterocycles. The van der Waals surface area contributed by atoms with E-state index in [0.29, 0.717) is 18.9 Å². The first-order chi connectivity index (χ1) is 9.58. The lowest BCUT2D eigenvalue weighted by Crippen LogP contribution is -2.23. The molecule has 0 spiro atoms. The molecule has 0 bridgehead atoms. The Morgan fingerprint density at radius 1 is 1.25 bits per heavy atom. The first kappa shape index (κ1) is 15.4. The van der Waals surface area contributed by atoms with Crippen LogP contribution in [0.1, 0.15) is 30.9 Å². The summed E-state index contributed by atoms with van der Waals surface area (Å²) in [6.45, 7) is 2.78. The topological polar surface area (TPSA) is 43.7 Å². The number of hydrogen-bond donors (Lipinski definition) is 2. The standard InChI is InChI=1S/C15H21F2NO2/c16-13-7-12(8-14(17)9-13)15(20)2-5-18-4-1-11(10-18)3-6-19/h7-9,11,15,19-20H,1-6,10H2. The average Bonchev–Trinajstić information content (AvgIpc) is 2.83. The van der Waals surface area contributed by atoms with Crippen LogP contribution in [0.5, 0.6) is 0 Å². The van der Waals surface area contributed by atoms with Crippen LogP contribution in [0.15, 0.2) is 18.2 Å². The van der Waals surface area contributed by atoms with Crippen LogP contribution < -0.4 is 0 Å². The summed E-state index contributed by atoms with van der Waals surface area (Å²) in [5, 5.41) is 18.9. The molecule has 1 aromatic carbocycles. The highest BCUT2D eigenvalue weighted by Gasteiger charge is 2.22. The van der Waals surface area contributed by atoms with Gasteiger partial charge in [-0.15, -0.1) is 0 Å². The SMILES string of the molecule is OCCC1CCN(CCC(O)c2cc(F)cc(F)c2)C1. The van der Waals surface area contributed by atoms with E-state index in [9.17, 15) is 13.9 Å². The molecule has 0 aliphatic carbocycles. The van der Waals surface area contributed by atoms with Crippen molar-refractivity contribution in [3.8, 4) is 0 Å². The molecule has 1 heterocycles. The van der Waals surface area contributed by atoms with E-state index < -0.39 is 17.7 Å². The third-order valence-corrected chi connectivity index (χ3v) is 3.90. The van der Waals surface area contributed by atoms with Crippen LogP contribution >= 0.6 is 0 Å². The molecule has 2 rings (SSSR count). The molecule has 1 aromatic rings. The number of aliphatic hydroxyl groups is 2. The zero-order valence-corrected chi connectivity index (χ0v) is 11.4. The van der Waals surface area contributed by atoms with Gasteiger partial charge in [0.15, 0.2) is 0 Å². The lowest BCUT2D eigenvalue weighted by Gasteiger charge is -2.18. The minimum absolute atomic E-state index is 0.212. The maximum atomic E-state index is 13.1. The summed E-state index contributed by atoms with van der Waals surface area (Å²) < 4.78 is 26.2. The van der Waals surface area contributed by atoms with Gasteiger partial charge >= 0.3 is 0 Å². The number of rotatable bonds is 6. The fourth-order valence-corrected chi connectivity index (χ4v) is 2.77. The minimum atomic E-state index is -0.850. The van der Waals surface area contributed by atoms with E-state index in [1.165, 1.54) is 12.1 Å². The predicted octanol–water partition coefficient (Wildman–Crippen LogP) is 2.09. The van der Waals surface area contributed by atoms with Crippen molar-refractivity contribution in [1.82, 2.24) is 4.90 Å². The Bertz CT molecular complexity index is 422. The van der Waals surface area contributed by atoms with Crippen LogP contribution in [0, 0.1) is 17.6 Å². The van der Waals surface area contributed by atoms with E-state index in [2.05, 4.69) is 4.90 Å². The van der Waals surface area contributed by atoms with Crippen LogP contribution in [0.25, 0.3) is 0 Å². The maximum Gasteiger partial charge on any atom is 0.126 e. The van der Waals surface area contributed by atoms with Gasteiger partial charge in [0.1, 0.15) is 11.6 Å². The maximum absolute atomic E-state index is 13.1. The summed E-state index contributed by atoms with van der Waals surface area (Å²) >= 11 is 0. The van der Waals surface area contributed by atoms with Crippen molar-refractivity contribution in [2.24, 2.45) is 5.92 Å². The zero-order valence-electron chi connectivity index (χ0n) is 11.4. The highest BCUT2D eigenvalue weighted by Crippen LogP contribution is 2.23. The average molecular weight is 285 g/mol. The quantitative estimate of drug-likeness (QED) is 0.841. The van der Waals surface area contributed by atoms with Crippen molar-refractivity contribution in [3.63, 3.8) is 0 Å². The van der Waals surface area contributed by atoms with Crippen LogP contribution in [0.3, 0.4) is 0 Å². The van der Waals surface area contributed by atoms with Crippen molar-refractivity contribution >= 4 is 0 Å². The van der Waals surface area contributed by atoms with Crippen molar-refractivity contribution in [1.29, 1.82) is 0 Å². The van der Waals surface area contributed by atoms with Gasteiger partial charge in [-0.05, 0) is 49.4 Å². The second kappa shape index (κ2) is 7.11. The number of halogens is 2. The first-order valence-electron chi connectivity index (χ1n) is 7.05. The molecule has 0 aromatic heterocycles. The number of benzene rings is 1. The Hall–Kier alpha value is -1.04. The lowest BCUT2D eigenvalue weighted by molar-refractivity contribution is 0.146. The fraction of sp³-hybridized carbons (Fsp3) is 0.600. The molecule has 5 heteroatoms. The molecular formula is C15H21F2NO2. The number of nitrogens with zero attached hydrogens (tertiary/aromatic N) is 1. The highest BCUT2D eigenvalue weighted by atomic mass is 19.1. The molecule has 2 atom stereocenters. The Balaban J connectivity index is 1.82. The lowest BCUT2D eigenvalue weighted by atomic mass is 10.1. The molecular weight excluding hydrogens is 264 g/mol. The Labute approximate surface area is 117 Å². The van der Waals surface area contributed by atoms with Gasteiger partial charge in [0, 0.05) is 25.8 Å². The van der Waals surface area contributed by atoms with Gasteiger partial charge < -0.3 is 15.1 Å². The van der Waals surface area contributed by atoms with Gasteiger partial charge in [-0.3, -0.25) is 0 Å². The molecule has 0 radical (unpaired) electrons. The monoisotopic (exact) mass is 285 g/mol. The van der Waals surface area contributed by atoms with Gasteiger partial charge in [0.2, 0.25) is 0 Å². The van der Waals surface area contributed by atoms with Gasteiger partial charge in [-0.1, -0.05) is 0 Å². The fourth-order valence-electron chi connectivity index (χ4n) is 2.77. The second-order valence-corrected chi connectivity index (χ2v) is 5.47. The normalized spacial score (nSPS) is 21.3. The summed E-state index contributed by atoms with van der Waals surface area (Å²) in [4.78, 5) is 2.22. The van der Waals surface area contributed by atoms with Gasteiger partial charge in [0.05, 0.1) is 6.10 Å². The number of likely N-dealkylation sites (tertiary alicyclic amines) is 1. The van der Waals surface area contributed by atoms with E-state index in [-0.39, 0.29) is 12.2 Å². The number of aliphatic hydroxyl groups excluding tert-OH is 2. The van der Waals surface area contributed by atoms with Crippen LogP contribution in [0.2, 0.25) is 0 Å². The van der Waals surface area contributed by atoms with Crippen molar-refractivity contribution in [2.45, 2.75) is 25.4 Å². The summed E-state index contributed by atoms with van der Waals surface area (Å²) in [6, 6.07) is 3.15. The van der Waals surface area contributed by atoms with Crippen molar-refractivity contribution in [2.75, 3.05) is 26.2 Å². The summed E-state index contributed by atoms with van der Waals surface area (Å²) in [5.41, 5.74) is 0.286. The zero-order chi connectivity index (χ0) is 14.5. The second-order valence-electron chi connectivity index (χ2n) is 5.47. The molecule has 3 nitrogen and oxygen atoms in total. The first-order valence-corrected chi connectivity index (χ1v) is 7.05. The molecule has 2 unspecified atom stereocenters. The minimum Gasteiger partial charge on any atom is -0.396 e. The molecule has 1 fully saturated rings. The molecule has 112 valence electrons. The third-order valence-electron chi connectivity index (χ3n) is 3.90. The van der Waals surface area contributed by atoms with E-state index in [4.69, 9.17) is 5.11 Å². The third kappa shape index (κ3) is 4.23. The van der Waals surface area contributed by atoms with Crippen molar-refractivity contribution < 1.29 is 19.0 Å². The largest absolute Gasteiger partial charge is 0.396 e. The molecule has 0 saturated carbocycles. The Morgan fingerprint density at radius 2 is 1.95 bits per heavy atom. The predicted molar refractivity (Wildman–Crippen MR) is 72.2 cm³/mol. The summed E-state index contributed by atoms with van der Waals surface area (Å²) in [5.74, 6) is -0.810. The number of hydrogen-bond acceptors (Lipinski definition) is 3. The van der Waals surface area contributed by atoms with Crippen LogP contribution in [0.4, 0.5) is 8.78 Å². The van der Waals surface area contributed by atoms with Gasteiger partial charge in [0.25, 0.3) is 0 Å². The van der Waals surface area contributed by atoms with Gasteiger partial charge in [-0.25, -0.2) is 8.78 Å². The van der Waals surface area contributed by atoms with E-state index in [1.54, 1.807) is 0 Å². The molecule has 2 N–H and O–H groups in total. The van der Waals surface area contributed by atoms with E-state index in [1.807, 2.05) is 0 Å². The molecule has 20 heavy (non-hydrogen) atoms. The van der Waals surface area contributed by atoms with E-state index in [0.717, 1.165) is 32.0 Å². The van der Waals surface area contributed by atoms with Gasteiger partial charge in [-0.2, -0.15) is 0 Å². The summed E-state index contributed by atoms with van der Waals surface area (Å²) in [6.07, 6.45) is 1.48. The van der Waals surface area contributed by atoms with E-state index >= 15 is 0 Å². The molecule has 1 saturated heterocycles. The molecule has 0 amide bonds. The van der Waals surface area contributed by atoms with Crippen LogP contribution in [-0.2, 0) is 0 Å².